The molecule has 0 unspecified atom stereocenters. The molecule has 3 heterocycles. The van der Waals surface area contributed by atoms with Gasteiger partial charge in [0, 0.05) is 39.3 Å². The molecule has 26 heavy (non-hydrogen) atoms. The third-order valence-electron chi connectivity index (χ3n) is 5.90. The van der Waals surface area contributed by atoms with Crippen molar-refractivity contribution in [3.05, 3.63) is 47.6 Å². The van der Waals surface area contributed by atoms with E-state index < -0.39 is 0 Å². The van der Waals surface area contributed by atoms with Crippen LogP contribution >= 0.6 is 0 Å². The lowest BCUT2D eigenvalue weighted by atomic mass is 9.73. The first-order valence-electron chi connectivity index (χ1n) is 9.60. The predicted molar refractivity (Wildman–Crippen MR) is 98.7 cm³/mol. The topological polar surface area (TPSA) is 65.6 Å². The molecule has 0 saturated carbocycles. The first kappa shape index (κ1) is 17.6. The SMILES string of the molecule is Cc1noc([C@]23CN(CCCO)CC[C@H]2CN(Cc2ccccc2)C3)n1. The van der Waals surface area contributed by atoms with Crippen LogP contribution in [0.15, 0.2) is 34.9 Å². The second-order valence-corrected chi connectivity index (χ2v) is 7.80. The number of benzene rings is 1. The molecule has 0 radical (unpaired) electrons. The summed E-state index contributed by atoms with van der Waals surface area (Å²) in [5.41, 5.74) is 1.25. The van der Waals surface area contributed by atoms with E-state index in [1.165, 1.54) is 5.56 Å². The molecule has 6 heteroatoms. The van der Waals surface area contributed by atoms with E-state index in [-0.39, 0.29) is 12.0 Å². The van der Waals surface area contributed by atoms with Gasteiger partial charge < -0.3 is 14.5 Å². The number of fused-ring (bicyclic) bond motifs is 1. The molecule has 2 fully saturated rings. The lowest BCUT2D eigenvalue weighted by Gasteiger charge is -2.41. The van der Waals surface area contributed by atoms with Gasteiger partial charge in [-0.25, -0.2) is 0 Å². The van der Waals surface area contributed by atoms with Crippen LogP contribution in [-0.4, -0.2) is 64.4 Å². The number of likely N-dealkylation sites (tertiary alicyclic amines) is 2. The molecule has 6 nitrogen and oxygen atoms in total. The molecule has 2 aliphatic rings. The van der Waals surface area contributed by atoms with Crippen molar-refractivity contribution in [1.29, 1.82) is 0 Å². The summed E-state index contributed by atoms with van der Waals surface area (Å²) in [4.78, 5) is 9.64. The molecule has 140 valence electrons. The molecule has 0 bridgehead atoms. The smallest absolute Gasteiger partial charge is 0.235 e. The summed E-state index contributed by atoms with van der Waals surface area (Å²) in [5, 5.41) is 13.3. The van der Waals surface area contributed by atoms with Crippen LogP contribution in [0.5, 0.6) is 0 Å². The Balaban J connectivity index is 1.57. The summed E-state index contributed by atoms with van der Waals surface area (Å²) in [5.74, 6) is 2.04. The molecule has 2 saturated heterocycles. The molecule has 1 aromatic carbocycles. The van der Waals surface area contributed by atoms with Gasteiger partial charge in [-0.05, 0) is 37.8 Å². The maximum atomic E-state index is 9.20. The van der Waals surface area contributed by atoms with E-state index >= 15 is 0 Å². The van der Waals surface area contributed by atoms with Crippen molar-refractivity contribution in [2.75, 3.05) is 39.3 Å². The Labute approximate surface area is 154 Å². The molecule has 0 spiro atoms. The summed E-state index contributed by atoms with van der Waals surface area (Å²) < 4.78 is 5.70. The second-order valence-electron chi connectivity index (χ2n) is 7.80. The van der Waals surface area contributed by atoms with Crippen LogP contribution in [0.3, 0.4) is 0 Å². The number of aromatic nitrogens is 2. The Morgan fingerprint density at radius 2 is 2.04 bits per heavy atom. The zero-order valence-corrected chi connectivity index (χ0v) is 15.5. The van der Waals surface area contributed by atoms with Crippen molar-refractivity contribution in [1.82, 2.24) is 19.9 Å². The van der Waals surface area contributed by atoms with Crippen LogP contribution in [0.25, 0.3) is 0 Å². The van der Waals surface area contributed by atoms with Crippen LogP contribution in [0.2, 0.25) is 0 Å². The van der Waals surface area contributed by atoms with Crippen LogP contribution in [0.1, 0.15) is 30.1 Å². The van der Waals surface area contributed by atoms with Gasteiger partial charge in [-0.3, -0.25) is 4.90 Å². The van der Waals surface area contributed by atoms with Crippen LogP contribution < -0.4 is 0 Å². The number of piperidine rings is 1. The summed E-state index contributed by atoms with van der Waals surface area (Å²) >= 11 is 0. The van der Waals surface area contributed by atoms with E-state index in [2.05, 4.69) is 50.3 Å². The Morgan fingerprint density at radius 3 is 2.77 bits per heavy atom. The second kappa shape index (κ2) is 7.47. The van der Waals surface area contributed by atoms with Gasteiger partial charge in [0.2, 0.25) is 5.89 Å². The first-order chi connectivity index (χ1) is 12.7. The minimum absolute atomic E-state index is 0.0935. The van der Waals surface area contributed by atoms with E-state index in [1.807, 2.05) is 6.92 Å². The van der Waals surface area contributed by atoms with Crippen molar-refractivity contribution in [2.24, 2.45) is 5.92 Å². The number of aliphatic hydroxyl groups is 1. The van der Waals surface area contributed by atoms with Gasteiger partial charge >= 0.3 is 0 Å². The predicted octanol–water partition coefficient (Wildman–Crippen LogP) is 1.84. The van der Waals surface area contributed by atoms with E-state index in [0.717, 1.165) is 58.0 Å². The van der Waals surface area contributed by atoms with Crippen molar-refractivity contribution in [3.63, 3.8) is 0 Å². The summed E-state index contributed by atoms with van der Waals surface area (Å²) in [7, 11) is 0. The van der Waals surface area contributed by atoms with Gasteiger partial charge in [-0.2, -0.15) is 4.98 Å². The van der Waals surface area contributed by atoms with E-state index in [1.54, 1.807) is 0 Å². The Hall–Kier alpha value is -1.76. The van der Waals surface area contributed by atoms with Gasteiger partial charge in [-0.15, -0.1) is 0 Å². The zero-order valence-electron chi connectivity index (χ0n) is 15.5. The van der Waals surface area contributed by atoms with Gasteiger partial charge in [0.1, 0.15) is 0 Å². The van der Waals surface area contributed by atoms with Crippen molar-refractivity contribution in [2.45, 2.75) is 31.7 Å². The molecule has 2 atom stereocenters. The van der Waals surface area contributed by atoms with Crippen molar-refractivity contribution in [3.8, 4) is 0 Å². The first-order valence-corrected chi connectivity index (χ1v) is 9.60. The number of hydrogen-bond donors (Lipinski definition) is 1. The standard InChI is InChI=1S/C20H28N4O2/c1-16-21-19(26-22-16)20-14-23(9-5-11-25)10-8-18(20)13-24(15-20)12-17-6-3-2-4-7-17/h2-4,6-7,18,25H,5,8-15H2,1H3/t18-,20-/m0/s1. The Morgan fingerprint density at radius 1 is 1.23 bits per heavy atom. The minimum Gasteiger partial charge on any atom is -0.396 e. The number of aliphatic hydroxyl groups excluding tert-OH is 1. The van der Waals surface area contributed by atoms with Gasteiger partial charge in [0.15, 0.2) is 5.82 Å². The Bertz CT molecular complexity index is 720. The fraction of sp³-hybridized carbons (Fsp3) is 0.600. The third-order valence-corrected chi connectivity index (χ3v) is 5.90. The molecule has 2 aliphatic heterocycles. The molecule has 1 aromatic heterocycles. The molecule has 2 aromatic rings. The molecular formula is C20H28N4O2. The molecule has 0 aliphatic carbocycles. The van der Waals surface area contributed by atoms with Gasteiger partial charge in [0.05, 0.1) is 5.41 Å². The summed E-state index contributed by atoms with van der Waals surface area (Å²) in [6, 6.07) is 10.7. The number of nitrogens with zero attached hydrogens (tertiary/aromatic N) is 4. The average molecular weight is 356 g/mol. The number of hydrogen-bond acceptors (Lipinski definition) is 6. The minimum atomic E-state index is -0.0935. The highest BCUT2D eigenvalue weighted by molar-refractivity contribution is 5.20. The fourth-order valence-electron chi connectivity index (χ4n) is 4.70. The molecule has 1 N–H and O–H groups in total. The maximum absolute atomic E-state index is 9.20. The molecular weight excluding hydrogens is 328 g/mol. The average Bonchev–Trinajstić information content (AvgIpc) is 3.24. The van der Waals surface area contributed by atoms with Crippen molar-refractivity contribution >= 4 is 0 Å². The summed E-state index contributed by atoms with van der Waals surface area (Å²) in [6.45, 7) is 8.06. The highest BCUT2D eigenvalue weighted by Crippen LogP contribution is 2.44. The van der Waals surface area contributed by atoms with Crippen LogP contribution in [-0.2, 0) is 12.0 Å². The Kier molecular flexibility index (Phi) is 5.07. The van der Waals surface area contributed by atoms with Crippen molar-refractivity contribution < 1.29 is 9.63 Å². The highest BCUT2D eigenvalue weighted by Gasteiger charge is 2.54. The zero-order chi connectivity index (χ0) is 18.0. The molecule has 4 rings (SSSR count). The summed E-state index contributed by atoms with van der Waals surface area (Å²) in [6.07, 6.45) is 1.95. The number of aryl methyl sites for hydroxylation is 1. The monoisotopic (exact) mass is 356 g/mol. The lowest BCUT2D eigenvalue weighted by molar-refractivity contribution is 0.0874. The number of rotatable bonds is 6. The highest BCUT2D eigenvalue weighted by atomic mass is 16.5. The van der Waals surface area contributed by atoms with E-state index in [9.17, 15) is 5.11 Å². The largest absolute Gasteiger partial charge is 0.396 e. The fourth-order valence-corrected chi connectivity index (χ4v) is 4.70. The van der Waals surface area contributed by atoms with E-state index in [4.69, 9.17) is 4.52 Å². The van der Waals surface area contributed by atoms with Crippen LogP contribution in [0.4, 0.5) is 0 Å². The lowest BCUT2D eigenvalue weighted by Crippen LogP contribution is -2.52. The van der Waals surface area contributed by atoms with Gasteiger partial charge in [0.25, 0.3) is 0 Å². The third kappa shape index (κ3) is 3.41. The quantitative estimate of drug-likeness (QED) is 0.852. The normalized spacial score (nSPS) is 26.9. The molecule has 0 amide bonds. The maximum Gasteiger partial charge on any atom is 0.235 e. The van der Waals surface area contributed by atoms with E-state index in [0.29, 0.717) is 11.7 Å². The van der Waals surface area contributed by atoms with Gasteiger partial charge in [-0.1, -0.05) is 35.5 Å². The van der Waals surface area contributed by atoms with Crippen LogP contribution in [0, 0.1) is 12.8 Å².